The van der Waals surface area contributed by atoms with Gasteiger partial charge in [0.15, 0.2) is 0 Å². The summed E-state index contributed by atoms with van der Waals surface area (Å²) in [6, 6.07) is 3.01. The molecule has 0 spiro atoms. The third kappa shape index (κ3) is 3.24. The Morgan fingerprint density at radius 3 is 2.65 bits per heavy atom. The minimum atomic E-state index is -1.35. The Kier molecular flexibility index (Phi) is 4.19. The lowest BCUT2D eigenvalue weighted by Gasteiger charge is -2.34. The van der Waals surface area contributed by atoms with Gasteiger partial charge >= 0.3 is 12.0 Å². The summed E-state index contributed by atoms with van der Waals surface area (Å²) in [5, 5.41) is 13.9. The van der Waals surface area contributed by atoms with E-state index >= 15 is 0 Å². The summed E-state index contributed by atoms with van der Waals surface area (Å²) in [5.74, 6) is -2.24. The third-order valence-electron chi connectivity index (χ3n) is 3.22. The molecule has 1 saturated carbocycles. The molecule has 0 bridgehead atoms. The van der Waals surface area contributed by atoms with E-state index in [1.165, 1.54) is 6.07 Å². The van der Waals surface area contributed by atoms with Gasteiger partial charge in [0, 0.05) is 18.8 Å². The maximum atomic E-state index is 13.4. The first-order chi connectivity index (χ1) is 9.49. The van der Waals surface area contributed by atoms with Gasteiger partial charge in [-0.3, -0.25) is 0 Å². The van der Waals surface area contributed by atoms with Crippen molar-refractivity contribution in [3.05, 3.63) is 29.6 Å². The van der Waals surface area contributed by atoms with Gasteiger partial charge in [-0.25, -0.2) is 14.0 Å². The highest BCUT2D eigenvalue weighted by Gasteiger charge is 2.30. The molecule has 0 radical (unpaired) electrons. The van der Waals surface area contributed by atoms with Gasteiger partial charge in [-0.1, -0.05) is 0 Å². The van der Waals surface area contributed by atoms with Crippen LogP contribution in [-0.4, -0.2) is 36.4 Å². The predicted octanol–water partition coefficient (Wildman–Crippen LogP) is 1.82. The van der Waals surface area contributed by atoms with Crippen molar-refractivity contribution >= 4 is 17.7 Å². The van der Waals surface area contributed by atoms with Crippen molar-refractivity contribution in [2.75, 3.05) is 12.4 Å². The fraction of sp³-hybridized carbons (Fsp3) is 0.385. The highest BCUT2D eigenvalue weighted by molar-refractivity contribution is 5.91. The van der Waals surface area contributed by atoms with Crippen LogP contribution in [0.3, 0.4) is 0 Å². The lowest BCUT2D eigenvalue weighted by Crippen LogP contribution is -2.48. The number of anilines is 1. The Balaban J connectivity index is 1.88. The van der Waals surface area contributed by atoms with Gasteiger partial charge in [0.05, 0.1) is 11.7 Å². The number of methoxy groups -OCH3 is 1. The molecule has 0 aliphatic heterocycles. The number of carboxylic acid groups (broad SMARTS) is 1. The molecule has 3 N–H and O–H groups in total. The van der Waals surface area contributed by atoms with E-state index in [9.17, 15) is 14.0 Å². The molecule has 1 fully saturated rings. The number of rotatable bonds is 4. The van der Waals surface area contributed by atoms with E-state index in [-0.39, 0.29) is 17.8 Å². The van der Waals surface area contributed by atoms with Gasteiger partial charge in [-0.15, -0.1) is 0 Å². The van der Waals surface area contributed by atoms with Crippen molar-refractivity contribution in [2.45, 2.75) is 25.0 Å². The van der Waals surface area contributed by atoms with Crippen LogP contribution in [0.25, 0.3) is 0 Å². The molecular formula is C13H15FN2O4. The first kappa shape index (κ1) is 14.3. The molecule has 0 unspecified atom stereocenters. The van der Waals surface area contributed by atoms with E-state index in [0.717, 1.165) is 25.0 Å². The van der Waals surface area contributed by atoms with Gasteiger partial charge in [0.25, 0.3) is 0 Å². The number of amides is 2. The number of hydrogen-bond donors (Lipinski definition) is 3. The monoisotopic (exact) mass is 282 g/mol. The van der Waals surface area contributed by atoms with Gasteiger partial charge in [-0.2, -0.15) is 0 Å². The molecule has 1 aliphatic rings. The van der Waals surface area contributed by atoms with Crippen LogP contribution >= 0.6 is 0 Å². The molecule has 20 heavy (non-hydrogen) atoms. The molecule has 0 aromatic heterocycles. The van der Waals surface area contributed by atoms with Crippen LogP contribution in [0.1, 0.15) is 23.2 Å². The Hall–Kier alpha value is -2.15. The molecule has 6 nitrogen and oxygen atoms in total. The van der Waals surface area contributed by atoms with Crippen molar-refractivity contribution in [1.29, 1.82) is 0 Å². The number of hydrogen-bond acceptors (Lipinski definition) is 3. The molecule has 2 rings (SSSR count). The van der Waals surface area contributed by atoms with Crippen LogP contribution in [0.15, 0.2) is 18.2 Å². The van der Waals surface area contributed by atoms with Crippen LogP contribution in [0.4, 0.5) is 14.9 Å². The summed E-state index contributed by atoms with van der Waals surface area (Å²) in [6.45, 7) is 0. The van der Waals surface area contributed by atoms with E-state index in [1.807, 2.05) is 0 Å². The fourth-order valence-electron chi connectivity index (χ4n) is 1.99. The van der Waals surface area contributed by atoms with Crippen LogP contribution in [-0.2, 0) is 4.74 Å². The number of halogens is 1. The maximum Gasteiger partial charge on any atom is 0.338 e. The van der Waals surface area contributed by atoms with Crippen LogP contribution < -0.4 is 10.6 Å². The molecule has 1 aliphatic carbocycles. The molecule has 0 atom stereocenters. The quantitative estimate of drug-likeness (QED) is 0.786. The minimum Gasteiger partial charge on any atom is -0.478 e. The van der Waals surface area contributed by atoms with E-state index in [0.29, 0.717) is 0 Å². The average molecular weight is 282 g/mol. The average Bonchev–Trinajstić information content (AvgIpc) is 2.32. The van der Waals surface area contributed by atoms with Crippen molar-refractivity contribution in [3.8, 4) is 0 Å². The summed E-state index contributed by atoms with van der Waals surface area (Å²) in [7, 11) is 1.62. The lowest BCUT2D eigenvalue weighted by atomic mass is 9.89. The maximum absolute atomic E-state index is 13.4. The van der Waals surface area contributed by atoms with Crippen LogP contribution in [0, 0.1) is 5.82 Å². The van der Waals surface area contributed by atoms with E-state index < -0.39 is 23.4 Å². The molecule has 7 heteroatoms. The smallest absolute Gasteiger partial charge is 0.338 e. The summed E-state index contributed by atoms with van der Waals surface area (Å²) in [5.41, 5.74) is -0.231. The molecular weight excluding hydrogens is 267 g/mol. The van der Waals surface area contributed by atoms with Crippen molar-refractivity contribution in [1.82, 2.24) is 5.32 Å². The van der Waals surface area contributed by atoms with E-state index in [1.54, 1.807) is 7.11 Å². The van der Waals surface area contributed by atoms with E-state index in [4.69, 9.17) is 9.84 Å². The standard InChI is InChI=1S/C13H15FN2O4/c1-20-9-4-8(5-9)16-13(19)15-7-2-3-10(12(17)18)11(14)6-7/h2-3,6,8-9H,4-5H2,1H3,(H,17,18)(H2,15,16,19). The topological polar surface area (TPSA) is 87.7 Å². The summed E-state index contributed by atoms with van der Waals surface area (Å²) >= 11 is 0. The number of carbonyl (C=O) groups is 2. The second kappa shape index (κ2) is 5.87. The Morgan fingerprint density at radius 1 is 1.40 bits per heavy atom. The Labute approximate surface area is 114 Å². The first-order valence-corrected chi connectivity index (χ1v) is 6.12. The van der Waals surface area contributed by atoms with Crippen LogP contribution in [0.2, 0.25) is 0 Å². The normalized spacial score (nSPS) is 20.9. The number of benzene rings is 1. The SMILES string of the molecule is COC1CC(NC(=O)Nc2ccc(C(=O)O)c(F)c2)C1. The van der Waals surface area contributed by atoms with Gasteiger partial charge in [0.2, 0.25) is 0 Å². The molecule has 2 amide bonds. The zero-order valence-electron chi connectivity index (χ0n) is 10.9. The highest BCUT2D eigenvalue weighted by Crippen LogP contribution is 2.22. The molecule has 0 saturated heterocycles. The highest BCUT2D eigenvalue weighted by atomic mass is 19.1. The fourth-order valence-corrected chi connectivity index (χ4v) is 1.99. The third-order valence-corrected chi connectivity index (χ3v) is 3.22. The largest absolute Gasteiger partial charge is 0.478 e. The first-order valence-electron chi connectivity index (χ1n) is 6.12. The minimum absolute atomic E-state index is 0.0445. The second-order valence-corrected chi connectivity index (χ2v) is 4.62. The zero-order chi connectivity index (χ0) is 14.7. The lowest BCUT2D eigenvalue weighted by molar-refractivity contribution is 0.0210. The van der Waals surface area contributed by atoms with Crippen molar-refractivity contribution < 1.29 is 23.8 Å². The van der Waals surface area contributed by atoms with Gasteiger partial charge in [-0.05, 0) is 31.0 Å². The number of ether oxygens (including phenoxy) is 1. The number of aromatic carboxylic acids is 1. The Morgan fingerprint density at radius 2 is 2.10 bits per heavy atom. The number of carbonyl (C=O) groups excluding carboxylic acids is 1. The van der Waals surface area contributed by atoms with Gasteiger partial charge in [0.1, 0.15) is 5.82 Å². The van der Waals surface area contributed by atoms with Gasteiger partial charge < -0.3 is 20.5 Å². The molecule has 108 valence electrons. The summed E-state index contributed by atoms with van der Waals surface area (Å²) < 4.78 is 18.5. The number of nitrogens with one attached hydrogen (secondary N) is 2. The number of urea groups is 1. The van der Waals surface area contributed by atoms with Crippen molar-refractivity contribution in [2.24, 2.45) is 0 Å². The van der Waals surface area contributed by atoms with Crippen LogP contribution in [0.5, 0.6) is 0 Å². The molecule has 0 heterocycles. The molecule has 1 aromatic rings. The van der Waals surface area contributed by atoms with Crippen molar-refractivity contribution in [3.63, 3.8) is 0 Å². The summed E-state index contributed by atoms with van der Waals surface area (Å²) in [4.78, 5) is 22.3. The predicted molar refractivity (Wildman–Crippen MR) is 69.3 cm³/mol. The zero-order valence-corrected chi connectivity index (χ0v) is 10.9. The number of carboxylic acids is 1. The Bertz CT molecular complexity index is 529. The second-order valence-electron chi connectivity index (χ2n) is 4.62. The molecule has 1 aromatic carbocycles. The summed E-state index contributed by atoms with van der Waals surface area (Å²) in [6.07, 6.45) is 1.67. The van der Waals surface area contributed by atoms with E-state index in [2.05, 4.69) is 10.6 Å².